The Kier molecular flexibility index (Phi) is 2.66. The van der Waals surface area contributed by atoms with Gasteiger partial charge in [0.05, 0.1) is 0 Å². The van der Waals surface area contributed by atoms with E-state index in [1.807, 2.05) is 0 Å². The van der Waals surface area contributed by atoms with Gasteiger partial charge in [-0.15, -0.1) is 0 Å². The molecule has 1 aromatic carbocycles. The van der Waals surface area contributed by atoms with E-state index in [0.717, 1.165) is 5.52 Å². The highest BCUT2D eigenvalue weighted by molar-refractivity contribution is 5.86. The number of hydrogen-bond acceptors (Lipinski definition) is 1. The molecule has 2 rings (SSSR count). The van der Waals surface area contributed by atoms with Crippen molar-refractivity contribution in [3.05, 3.63) is 35.5 Å². The first-order chi connectivity index (χ1) is 7.84. The Morgan fingerprint density at radius 1 is 1.24 bits per heavy atom. The molecule has 1 aromatic heterocycles. The molecule has 0 aliphatic rings. The maximum atomic E-state index is 12.7. The van der Waals surface area contributed by atoms with Crippen molar-refractivity contribution in [2.75, 3.05) is 0 Å². The number of hydrogen-bond donors (Lipinski definition) is 1. The van der Waals surface area contributed by atoms with Crippen molar-refractivity contribution < 1.29 is 13.2 Å². The summed E-state index contributed by atoms with van der Waals surface area (Å²) in [6, 6.07) is 5.03. The van der Waals surface area contributed by atoms with Crippen LogP contribution in [0.2, 0.25) is 0 Å². The van der Waals surface area contributed by atoms with Crippen LogP contribution in [-0.4, -0.2) is 10.7 Å². The summed E-state index contributed by atoms with van der Waals surface area (Å²) in [6.07, 6.45) is -4.42. The molecule has 0 aliphatic carbocycles. The van der Waals surface area contributed by atoms with Crippen LogP contribution >= 0.6 is 0 Å². The highest BCUT2D eigenvalue weighted by Crippen LogP contribution is 2.37. The highest BCUT2D eigenvalue weighted by atomic mass is 19.4. The normalized spacial score (nSPS) is 14.2. The summed E-state index contributed by atoms with van der Waals surface area (Å²) < 4.78 is 39.9. The molecule has 0 bridgehead atoms. The lowest BCUT2D eigenvalue weighted by Crippen LogP contribution is -2.29. The minimum Gasteiger partial charge on any atom is -0.348 e. The molecule has 1 atom stereocenters. The van der Waals surface area contributed by atoms with E-state index in [9.17, 15) is 13.2 Å². The third-order valence-corrected chi connectivity index (χ3v) is 3.11. The van der Waals surface area contributed by atoms with Gasteiger partial charge in [-0.1, -0.05) is 18.2 Å². The van der Waals surface area contributed by atoms with Crippen LogP contribution < -0.4 is 5.73 Å². The predicted molar refractivity (Wildman–Crippen MR) is 60.6 cm³/mol. The van der Waals surface area contributed by atoms with Gasteiger partial charge in [0.15, 0.2) is 0 Å². The molecule has 0 saturated carbocycles. The first kappa shape index (κ1) is 12.0. The molecule has 0 aliphatic heterocycles. The summed E-state index contributed by atoms with van der Waals surface area (Å²) in [5.41, 5.74) is 6.79. The number of fused-ring (bicyclic) bond motifs is 1. The van der Waals surface area contributed by atoms with Crippen LogP contribution in [0.3, 0.4) is 0 Å². The molecule has 2 nitrogen and oxygen atoms in total. The lowest BCUT2D eigenvalue weighted by molar-refractivity contribution is -0.149. The van der Waals surface area contributed by atoms with Crippen molar-refractivity contribution in [1.29, 1.82) is 0 Å². The van der Waals surface area contributed by atoms with Crippen LogP contribution in [0.5, 0.6) is 0 Å². The topological polar surface area (TPSA) is 30.9 Å². The van der Waals surface area contributed by atoms with Gasteiger partial charge in [-0.05, 0) is 13.0 Å². The Hall–Kier alpha value is -1.49. The van der Waals surface area contributed by atoms with Gasteiger partial charge in [0.1, 0.15) is 6.04 Å². The first-order valence-electron chi connectivity index (χ1n) is 5.20. The number of rotatable bonds is 1. The number of aromatic nitrogens is 1. The van der Waals surface area contributed by atoms with Gasteiger partial charge < -0.3 is 10.3 Å². The van der Waals surface area contributed by atoms with Crippen molar-refractivity contribution in [1.82, 2.24) is 4.57 Å². The van der Waals surface area contributed by atoms with E-state index in [2.05, 4.69) is 0 Å². The van der Waals surface area contributed by atoms with Crippen molar-refractivity contribution in [2.45, 2.75) is 19.1 Å². The van der Waals surface area contributed by atoms with Gasteiger partial charge in [-0.3, -0.25) is 0 Å². The average molecular weight is 242 g/mol. The molecule has 0 spiro atoms. The third-order valence-electron chi connectivity index (χ3n) is 3.11. The molecule has 0 radical (unpaired) electrons. The van der Waals surface area contributed by atoms with Crippen LogP contribution in [0.1, 0.15) is 17.3 Å². The SMILES string of the molecule is Cc1c(C(N)C(F)(F)F)c2ccccc2n1C. The summed E-state index contributed by atoms with van der Waals surface area (Å²) in [5, 5.41) is 0.567. The van der Waals surface area contributed by atoms with Crippen molar-refractivity contribution >= 4 is 10.9 Å². The fourth-order valence-electron chi connectivity index (χ4n) is 2.11. The highest BCUT2D eigenvalue weighted by Gasteiger charge is 2.40. The second-order valence-corrected chi connectivity index (χ2v) is 4.09. The maximum Gasteiger partial charge on any atom is 0.407 e. The largest absolute Gasteiger partial charge is 0.407 e. The number of benzene rings is 1. The summed E-state index contributed by atoms with van der Waals surface area (Å²) in [7, 11) is 1.74. The van der Waals surface area contributed by atoms with E-state index in [0.29, 0.717) is 11.1 Å². The fourth-order valence-corrected chi connectivity index (χ4v) is 2.11. The van der Waals surface area contributed by atoms with Crippen LogP contribution in [0.4, 0.5) is 13.2 Å². The van der Waals surface area contributed by atoms with Crippen molar-refractivity contribution in [3.63, 3.8) is 0 Å². The molecule has 0 saturated heterocycles. The number of alkyl halides is 3. The summed E-state index contributed by atoms with van der Waals surface area (Å²) in [4.78, 5) is 0. The molecule has 5 heteroatoms. The minimum atomic E-state index is -4.42. The zero-order valence-electron chi connectivity index (χ0n) is 9.55. The summed E-state index contributed by atoms with van der Waals surface area (Å²) in [6.45, 7) is 1.65. The first-order valence-corrected chi connectivity index (χ1v) is 5.20. The molecular weight excluding hydrogens is 229 g/mol. The molecular formula is C12H13F3N2. The Morgan fingerprint density at radius 3 is 2.41 bits per heavy atom. The molecule has 1 heterocycles. The van der Waals surface area contributed by atoms with E-state index in [4.69, 9.17) is 5.73 Å². The summed E-state index contributed by atoms with van der Waals surface area (Å²) >= 11 is 0. The Morgan fingerprint density at radius 2 is 1.82 bits per heavy atom. The van der Waals surface area contributed by atoms with Crippen LogP contribution in [0.15, 0.2) is 24.3 Å². The monoisotopic (exact) mass is 242 g/mol. The molecule has 17 heavy (non-hydrogen) atoms. The van der Waals surface area contributed by atoms with E-state index >= 15 is 0 Å². The maximum absolute atomic E-state index is 12.7. The smallest absolute Gasteiger partial charge is 0.348 e. The van der Waals surface area contributed by atoms with Crippen LogP contribution in [0.25, 0.3) is 10.9 Å². The standard InChI is InChI=1S/C12H13F3N2/c1-7-10(11(16)12(13,14)15)8-5-3-4-6-9(8)17(7)2/h3-6,11H,16H2,1-2H3. The fraction of sp³-hybridized carbons (Fsp3) is 0.333. The average Bonchev–Trinajstić information content (AvgIpc) is 2.51. The van der Waals surface area contributed by atoms with Gasteiger partial charge in [0.25, 0.3) is 0 Å². The number of para-hydroxylation sites is 1. The number of aryl methyl sites for hydroxylation is 1. The van der Waals surface area contributed by atoms with E-state index in [-0.39, 0.29) is 5.56 Å². The molecule has 92 valence electrons. The van der Waals surface area contributed by atoms with Gasteiger partial charge in [-0.2, -0.15) is 13.2 Å². The minimum absolute atomic E-state index is 0.163. The second kappa shape index (κ2) is 3.77. The molecule has 0 fully saturated rings. The number of halogens is 3. The zero-order chi connectivity index (χ0) is 12.8. The van der Waals surface area contributed by atoms with E-state index in [1.54, 1.807) is 42.8 Å². The predicted octanol–water partition coefficient (Wildman–Crippen LogP) is 3.05. The Labute approximate surface area is 96.8 Å². The Bertz CT molecular complexity index is 555. The van der Waals surface area contributed by atoms with Crippen molar-refractivity contribution in [2.24, 2.45) is 12.8 Å². The van der Waals surface area contributed by atoms with E-state index < -0.39 is 12.2 Å². The van der Waals surface area contributed by atoms with Crippen LogP contribution in [-0.2, 0) is 7.05 Å². The molecule has 2 aromatic rings. The Balaban J connectivity index is 2.73. The molecule has 1 unspecified atom stereocenters. The third kappa shape index (κ3) is 1.80. The van der Waals surface area contributed by atoms with Gasteiger partial charge >= 0.3 is 6.18 Å². The quantitative estimate of drug-likeness (QED) is 0.818. The lowest BCUT2D eigenvalue weighted by atomic mass is 10.0. The van der Waals surface area contributed by atoms with Gasteiger partial charge in [-0.25, -0.2) is 0 Å². The van der Waals surface area contributed by atoms with E-state index in [1.165, 1.54) is 0 Å². The van der Waals surface area contributed by atoms with Gasteiger partial charge in [0.2, 0.25) is 0 Å². The second-order valence-electron chi connectivity index (χ2n) is 4.09. The lowest BCUT2D eigenvalue weighted by Gasteiger charge is -2.16. The number of nitrogens with zero attached hydrogens (tertiary/aromatic N) is 1. The summed E-state index contributed by atoms with van der Waals surface area (Å²) in [5.74, 6) is 0. The van der Waals surface area contributed by atoms with Crippen LogP contribution in [0, 0.1) is 6.92 Å². The molecule has 0 amide bonds. The zero-order valence-corrected chi connectivity index (χ0v) is 9.55. The number of nitrogens with two attached hydrogens (primary N) is 1. The molecule has 2 N–H and O–H groups in total. The van der Waals surface area contributed by atoms with Crippen molar-refractivity contribution in [3.8, 4) is 0 Å². The van der Waals surface area contributed by atoms with Gasteiger partial charge in [0, 0.05) is 29.2 Å².